The molecule has 164 valence electrons. The number of hydrogen-bond donors (Lipinski definition) is 0. The lowest BCUT2D eigenvalue weighted by Gasteiger charge is -2.34. The van der Waals surface area contributed by atoms with Crippen molar-refractivity contribution >= 4 is 34.5 Å². The maximum atomic E-state index is 14.1. The number of amides is 1. The summed E-state index contributed by atoms with van der Waals surface area (Å²) in [5.41, 5.74) is 2.51. The zero-order chi connectivity index (χ0) is 22.5. The summed E-state index contributed by atoms with van der Waals surface area (Å²) in [6.45, 7) is 3.55. The minimum Gasteiger partial charge on any atom is -0.346 e. The fourth-order valence-electron chi connectivity index (χ4n) is 4.06. The maximum absolute atomic E-state index is 14.1. The highest BCUT2D eigenvalue weighted by atomic mass is 35.5. The van der Waals surface area contributed by atoms with E-state index in [1.807, 2.05) is 41.4 Å². The minimum atomic E-state index is -0.298. The van der Waals surface area contributed by atoms with Gasteiger partial charge >= 0.3 is 0 Å². The van der Waals surface area contributed by atoms with Gasteiger partial charge < -0.3 is 9.47 Å². The van der Waals surface area contributed by atoms with Crippen LogP contribution in [0.5, 0.6) is 0 Å². The number of nitriles is 1. The number of piperazine rings is 1. The Hall–Kier alpha value is -3.14. The first-order valence-electron chi connectivity index (χ1n) is 10.6. The molecule has 1 aliphatic rings. The third-order valence-corrected chi connectivity index (χ3v) is 6.17. The van der Waals surface area contributed by atoms with E-state index in [0.717, 1.165) is 16.5 Å². The van der Waals surface area contributed by atoms with Gasteiger partial charge in [0.15, 0.2) is 0 Å². The van der Waals surface area contributed by atoms with Crippen molar-refractivity contribution in [3.05, 3.63) is 76.7 Å². The molecule has 2 aromatic carbocycles. The molecular weight excluding hydrogens is 427 g/mol. The Morgan fingerprint density at radius 1 is 1.12 bits per heavy atom. The Kier molecular flexibility index (Phi) is 6.89. The van der Waals surface area contributed by atoms with E-state index in [1.54, 1.807) is 18.2 Å². The number of rotatable bonds is 6. The predicted octanol–water partition coefficient (Wildman–Crippen LogP) is 4.71. The second-order valence-corrected chi connectivity index (χ2v) is 8.25. The first-order valence-corrected chi connectivity index (χ1v) is 11.0. The molecule has 1 saturated heterocycles. The van der Waals surface area contributed by atoms with Crippen LogP contribution in [0.2, 0.25) is 5.02 Å². The topological polar surface area (TPSA) is 52.3 Å². The minimum absolute atomic E-state index is 0.0394. The van der Waals surface area contributed by atoms with E-state index in [1.165, 1.54) is 6.07 Å². The molecule has 5 nitrogen and oxygen atoms in total. The van der Waals surface area contributed by atoms with Gasteiger partial charge in [-0.25, -0.2) is 4.39 Å². The van der Waals surface area contributed by atoms with E-state index in [0.29, 0.717) is 56.3 Å². The summed E-state index contributed by atoms with van der Waals surface area (Å²) in [7, 11) is 0. The van der Waals surface area contributed by atoms with E-state index < -0.39 is 0 Å². The van der Waals surface area contributed by atoms with Gasteiger partial charge in [-0.1, -0.05) is 35.9 Å². The molecule has 1 amide bonds. The molecule has 0 aliphatic carbocycles. The van der Waals surface area contributed by atoms with Gasteiger partial charge in [0.2, 0.25) is 5.91 Å². The highest BCUT2D eigenvalue weighted by molar-refractivity contribution is 6.31. The van der Waals surface area contributed by atoms with Crippen molar-refractivity contribution in [2.75, 3.05) is 26.2 Å². The summed E-state index contributed by atoms with van der Waals surface area (Å²) < 4.78 is 16.1. The number of hydrogen-bond acceptors (Lipinski definition) is 3. The molecule has 1 aromatic heterocycles. The van der Waals surface area contributed by atoms with Crippen LogP contribution in [-0.2, 0) is 17.9 Å². The Balaban J connectivity index is 1.39. The molecule has 3 aromatic rings. The number of aromatic nitrogens is 1. The second-order valence-electron chi connectivity index (χ2n) is 7.84. The van der Waals surface area contributed by atoms with Gasteiger partial charge in [-0.2, -0.15) is 5.26 Å². The number of fused-ring (bicyclic) bond motifs is 1. The van der Waals surface area contributed by atoms with Crippen molar-refractivity contribution in [3.8, 4) is 6.07 Å². The summed E-state index contributed by atoms with van der Waals surface area (Å²) in [6, 6.07) is 14.9. The third-order valence-electron chi connectivity index (χ3n) is 5.82. The van der Waals surface area contributed by atoms with E-state index in [9.17, 15) is 9.18 Å². The average Bonchev–Trinajstić information content (AvgIpc) is 3.17. The largest absolute Gasteiger partial charge is 0.346 e. The van der Waals surface area contributed by atoms with Gasteiger partial charge in [0, 0.05) is 78.6 Å². The zero-order valence-corrected chi connectivity index (χ0v) is 18.4. The number of halogens is 2. The molecule has 1 fully saturated rings. The first-order chi connectivity index (χ1) is 15.6. The molecule has 0 atom stereocenters. The fourth-order valence-corrected chi connectivity index (χ4v) is 4.29. The second kappa shape index (κ2) is 9.99. The Labute approximate surface area is 191 Å². The van der Waals surface area contributed by atoms with Crippen molar-refractivity contribution in [1.29, 1.82) is 5.26 Å². The van der Waals surface area contributed by atoms with Crippen LogP contribution in [0.1, 0.15) is 17.5 Å². The standard InChI is InChI=1S/C25H24ClFN4O/c26-22-6-3-7-23(27)21(22)18-29-13-15-30(16-14-29)25(32)10-9-19-17-31(12-4-11-28)24-8-2-1-5-20(19)24/h1-3,5-10,17H,4,12-16,18H2/b10-9+. The van der Waals surface area contributed by atoms with Crippen LogP contribution < -0.4 is 0 Å². The van der Waals surface area contributed by atoms with Crippen molar-refractivity contribution in [2.24, 2.45) is 0 Å². The SMILES string of the molecule is N#CCCn1cc(/C=C/C(=O)N2CCN(Cc3c(F)cccc3Cl)CC2)c2ccccc21. The molecule has 32 heavy (non-hydrogen) atoms. The molecule has 0 bridgehead atoms. The Morgan fingerprint density at radius 3 is 2.66 bits per heavy atom. The lowest BCUT2D eigenvalue weighted by atomic mass is 10.1. The van der Waals surface area contributed by atoms with Crippen LogP contribution in [0, 0.1) is 17.1 Å². The number of carbonyl (C=O) groups excluding carboxylic acids is 1. The number of para-hydroxylation sites is 1. The molecule has 0 radical (unpaired) electrons. The fraction of sp³-hybridized carbons (Fsp3) is 0.280. The van der Waals surface area contributed by atoms with Crippen LogP contribution in [0.15, 0.2) is 54.7 Å². The number of aryl methyl sites for hydroxylation is 1. The lowest BCUT2D eigenvalue weighted by molar-refractivity contribution is -0.127. The zero-order valence-electron chi connectivity index (χ0n) is 17.7. The highest BCUT2D eigenvalue weighted by Crippen LogP contribution is 2.24. The molecule has 1 aliphatic heterocycles. The maximum Gasteiger partial charge on any atom is 0.246 e. The number of carbonyl (C=O) groups is 1. The summed E-state index contributed by atoms with van der Waals surface area (Å²) in [6.07, 6.45) is 5.88. The highest BCUT2D eigenvalue weighted by Gasteiger charge is 2.21. The molecule has 2 heterocycles. The number of benzene rings is 2. The van der Waals surface area contributed by atoms with Crippen molar-refractivity contribution in [1.82, 2.24) is 14.4 Å². The average molecular weight is 451 g/mol. The summed E-state index contributed by atoms with van der Waals surface area (Å²) in [4.78, 5) is 16.7. The summed E-state index contributed by atoms with van der Waals surface area (Å²) >= 11 is 6.14. The summed E-state index contributed by atoms with van der Waals surface area (Å²) in [5, 5.41) is 10.4. The van der Waals surface area contributed by atoms with Crippen molar-refractivity contribution in [3.63, 3.8) is 0 Å². The van der Waals surface area contributed by atoms with E-state index in [-0.39, 0.29) is 11.7 Å². The molecule has 0 N–H and O–H groups in total. The van der Waals surface area contributed by atoms with Gasteiger partial charge in [0.05, 0.1) is 12.5 Å². The first kappa shape index (κ1) is 22.1. The van der Waals surface area contributed by atoms with Gasteiger partial charge in [-0.05, 0) is 24.3 Å². The Morgan fingerprint density at radius 2 is 1.91 bits per heavy atom. The molecular formula is C25H24ClFN4O. The monoisotopic (exact) mass is 450 g/mol. The third kappa shape index (κ3) is 4.85. The van der Waals surface area contributed by atoms with Gasteiger partial charge in [-0.15, -0.1) is 0 Å². The Bertz CT molecular complexity index is 1170. The molecule has 0 unspecified atom stereocenters. The van der Waals surface area contributed by atoms with E-state index >= 15 is 0 Å². The molecule has 7 heteroatoms. The van der Waals surface area contributed by atoms with E-state index in [2.05, 4.69) is 15.5 Å². The van der Waals surface area contributed by atoms with Crippen molar-refractivity contribution < 1.29 is 9.18 Å². The molecule has 0 spiro atoms. The van der Waals surface area contributed by atoms with Gasteiger partial charge in [0.1, 0.15) is 5.82 Å². The van der Waals surface area contributed by atoms with Gasteiger partial charge in [-0.3, -0.25) is 9.69 Å². The predicted molar refractivity (Wildman–Crippen MR) is 124 cm³/mol. The normalized spacial score (nSPS) is 14.8. The van der Waals surface area contributed by atoms with E-state index in [4.69, 9.17) is 16.9 Å². The van der Waals surface area contributed by atoms with Crippen LogP contribution in [-0.4, -0.2) is 46.5 Å². The van der Waals surface area contributed by atoms with Crippen molar-refractivity contribution in [2.45, 2.75) is 19.5 Å². The van der Waals surface area contributed by atoms with Crippen LogP contribution in [0.25, 0.3) is 17.0 Å². The lowest BCUT2D eigenvalue weighted by Crippen LogP contribution is -2.47. The van der Waals surface area contributed by atoms with Crippen LogP contribution in [0.3, 0.4) is 0 Å². The van der Waals surface area contributed by atoms with Crippen LogP contribution in [0.4, 0.5) is 4.39 Å². The van der Waals surface area contributed by atoms with Crippen LogP contribution >= 0.6 is 11.6 Å². The number of nitrogens with zero attached hydrogens (tertiary/aromatic N) is 4. The quantitative estimate of drug-likeness (QED) is 0.511. The smallest absolute Gasteiger partial charge is 0.246 e. The molecule has 0 saturated carbocycles. The molecule has 4 rings (SSSR count). The van der Waals surface area contributed by atoms with Gasteiger partial charge in [0.25, 0.3) is 0 Å². The summed E-state index contributed by atoms with van der Waals surface area (Å²) in [5.74, 6) is -0.338.